The molecular formula is C30H33F2N3O5S. The average molecular weight is 586 g/mol. The molecule has 0 amide bonds. The topological polar surface area (TPSA) is 104 Å². The van der Waals surface area contributed by atoms with Crippen LogP contribution in [0.15, 0.2) is 42.3 Å². The van der Waals surface area contributed by atoms with E-state index in [1.54, 1.807) is 10.7 Å². The number of methoxy groups -OCH3 is 1. The van der Waals surface area contributed by atoms with Gasteiger partial charge in [-0.15, -0.1) is 0 Å². The average Bonchev–Trinajstić information content (AvgIpc) is 3.45. The van der Waals surface area contributed by atoms with Crippen molar-refractivity contribution >= 4 is 28.9 Å². The molecule has 0 aliphatic heterocycles. The Kier molecular flexibility index (Phi) is 6.98. The second-order valence-corrected chi connectivity index (χ2v) is 12.9. The minimum absolute atomic E-state index is 0.0700. The maximum absolute atomic E-state index is 13.5. The lowest BCUT2D eigenvalue weighted by Gasteiger charge is -2.58. The third kappa shape index (κ3) is 4.14. The molecule has 7 atom stereocenters. The molecule has 4 aliphatic carbocycles. The molecule has 0 saturated heterocycles. The van der Waals surface area contributed by atoms with Crippen LogP contribution in [0.3, 0.4) is 0 Å². The number of esters is 1. The fourth-order valence-corrected chi connectivity index (χ4v) is 9.08. The predicted molar refractivity (Wildman–Crippen MR) is 148 cm³/mol. The molecule has 0 radical (unpaired) electrons. The summed E-state index contributed by atoms with van der Waals surface area (Å²) in [4.78, 5) is 29.9. The summed E-state index contributed by atoms with van der Waals surface area (Å²) < 4.78 is 39.4. The van der Waals surface area contributed by atoms with Crippen molar-refractivity contribution in [3.63, 3.8) is 0 Å². The van der Waals surface area contributed by atoms with Gasteiger partial charge >= 0.3 is 5.97 Å². The van der Waals surface area contributed by atoms with E-state index in [1.165, 1.54) is 19.4 Å². The molecule has 8 nitrogen and oxygen atoms in total. The van der Waals surface area contributed by atoms with Gasteiger partial charge in [-0.2, -0.15) is 9.49 Å². The molecule has 0 aromatic carbocycles. The summed E-state index contributed by atoms with van der Waals surface area (Å²) in [5.74, 6) is -1.55. The first kappa shape index (κ1) is 28.2. The van der Waals surface area contributed by atoms with Gasteiger partial charge in [0.1, 0.15) is 12.6 Å². The van der Waals surface area contributed by atoms with Crippen molar-refractivity contribution in [1.29, 1.82) is 0 Å². The lowest BCUT2D eigenvalue weighted by Crippen LogP contribution is -2.62. The summed E-state index contributed by atoms with van der Waals surface area (Å²) in [5, 5.41) is 15.9. The second-order valence-electron chi connectivity index (χ2n) is 12.1. The summed E-state index contributed by atoms with van der Waals surface area (Å²) >= 11 is 0.516. The highest BCUT2D eigenvalue weighted by Gasteiger charge is 2.70. The van der Waals surface area contributed by atoms with Gasteiger partial charge in [-0.3, -0.25) is 4.79 Å². The smallest absolute Gasteiger partial charge is 0.333 e. The molecule has 41 heavy (non-hydrogen) atoms. The number of carbonyl (C=O) groups excluding carboxylic acids is 2. The van der Waals surface area contributed by atoms with Crippen LogP contribution < -0.4 is 0 Å². The van der Waals surface area contributed by atoms with Crippen LogP contribution in [-0.2, 0) is 25.5 Å². The largest absolute Gasteiger partial charge is 0.448 e. The number of pyridine rings is 1. The number of allylic oxidation sites excluding steroid dienone is 3. The van der Waals surface area contributed by atoms with E-state index in [1.807, 2.05) is 13.1 Å². The first-order valence-corrected chi connectivity index (χ1v) is 14.8. The molecule has 2 saturated carbocycles. The van der Waals surface area contributed by atoms with Crippen LogP contribution in [0.1, 0.15) is 44.4 Å². The third-order valence-corrected chi connectivity index (χ3v) is 10.8. The van der Waals surface area contributed by atoms with Crippen LogP contribution in [0.4, 0.5) is 8.78 Å². The molecule has 218 valence electrons. The number of fused-ring (bicyclic) bond motifs is 6. The van der Waals surface area contributed by atoms with Gasteiger partial charge in [0.15, 0.2) is 5.60 Å². The maximum Gasteiger partial charge on any atom is 0.333 e. The third-order valence-electron chi connectivity index (χ3n) is 10.1. The molecule has 0 bridgehead atoms. The van der Waals surface area contributed by atoms with Gasteiger partial charge < -0.3 is 14.6 Å². The fraction of sp³-hybridized carbons (Fsp3) is 0.533. The van der Waals surface area contributed by atoms with Crippen molar-refractivity contribution in [2.24, 2.45) is 28.6 Å². The van der Waals surface area contributed by atoms with E-state index in [9.17, 15) is 23.5 Å². The zero-order valence-corrected chi connectivity index (χ0v) is 24.0. The van der Waals surface area contributed by atoms with Crippen LogP contribution in [0.5, 0.6) is 0 Å². The Labute approximate surface area is 241 Å². The highest BCUT2D eigenvalue weighted by Crippen LogP contribution is 2.67. The van der Waals surface area contributed by atoms with E-state index in [0.717, 1.165) is 16.8 Å². The molecule has 2 aromatic rings. The normalized spacial score (nSPS) is 35.1. The van der Waals surface area contributed by atoms with E-state index in [2.05, 4.69) is 35.2 Å². The SMILES string of the molecule is COCC(=O)O[C@]1(C(=O)SCF)CC[C@H]2[C@@H]3C=CC4=Cc5c(cnn5-c5ccc(F)nc5)C[C@]4(C)[C@H]3[C@@H](O)C[C@@]21C. The quantitative estimate of drug-likeness (QED) is 0.392. The number of aliphatic hydroxyl groups excluding tert-OH is 1. The van der Waals surface area contributed by atoms with Crippen molar-refractivity contribution in [2.45, 2.75) is 51.2 Å². The lowest BCUT2D eigenvalue weighted by molar-refractivity contribution is -0.194. The monoisotopic (exact) mass is 585 g/mol. The number of hydrogen-bond donors (Lipinski definition) is 1. The number of thioether (sulfide) groups is 1. The molecule has 0 spiro atoms. The van der Waals surface area contributed by atoms with Crippen LogP contribution in [0, 0.1) is 34.5 Å². The predicted octanol–water partition coefficient (Wildman–Crippen LogP) is 4.45. The molecule has 4 aliphatic rings. The number of nitrogens with zero attached hydrogens (tertiary/aromatic N) is 3. The molecule has 1 N–H and O–H groups in total. The highest BCUT2D eigenvalue weighted by molar-refractivity contribution is 8.13. The van der Waals surface area contributed by atoms with Crippen molar-refractivity contribution < 1.29 is 33.0 Å². The van der Waals surface area contributed by atoms with Crippen LogP contribution in [-0.4, -0.2) is 62.4 Å². The Bertz CT molecular complexity index is 1440. The van der Waals surface area contributed by atoms with Crippen LogP contribution in [0.2, 0.25) is 0 Å². The van der Waals surface area contributed by atoms with E-state index >= 15 is 0 Å². The summed E-state index contributed by atoms with van der Waals surface area (Å²) in [6.45, 7) is 3.75. The zero-order valence-electron chi connectivity index (χ0n) is 23.2. The fourth-order valence-electron chi connectivity index (χ4n) is 8.37. The first-order chi connectivity index (χ1) is 19.6. The summed E-state index contributed by atoms with van der Waals surface area (Å²) in [7, 11) is 1.37. The highest BCUT2D eigenvalue weighted by atomic mass is 32.2. The molecule has 6 rings (SSSR count). The molecule has 11 heteroatoms. The van der Waals surface area contributed by atoms with Crippen molar-refractivity contribution in [3.8, 4) is 5.69 Å². The molecular weight excluding hydrogens is 552 g/mol. The van der Waals surface area contributed by atoms with Crippen molar-refractivity contribution in [1.82, 2.24) is 14.8 Å². The number of hydrogen-bond acceptors (Lipinski definition) is 8. The second kappa shape index (κ2) is 10.1. The van der Waals surface area contributed by atoms with Gasteiger partial charge in [-0.05, 0) is 78.6 Å². The van der Waals surface area contributed by atoms with E-state index in [0.29, 0.717) is 30.3 Å². The van der Waals surface area contributed by atoms with Crippen LogP contribution in [0.25, 0.3) is 11.8 Å². The Morgan fingerprint density at radius 2 is 2.07 bits per heavy atom. The van der Waals surface area contributed by atoms with Crippen molar-refractivity contribution in [3.05, 3.63) is 59.5 Å². The first-order valence-electron chi connectivity index (χ1n) is 13.8. The van der Waals surface area contributed by atoms with Gasteiger partial charge in [0.25, 0.3) is 0 Å². The number of alkyl halides is 1. The van der Waals surface area contributed by atoms with Crippen LogP contribution >= 0.6 is 11.8 Å². The van der Waals surface area contributed by atoms with E-state index in [4.69, 9.17) is 9.47 Å². The number of halogens is 2. The Hall–Kier alpha value is -2.89. The Balaban J connectivity index is 1.38. The number of rotatable bonds is 6. The molecule has 2 aromatic heterocycles. The van der Waals surface area contributed by atoms with Gasteiger partial charge in [0.2, 0.25) is 11.1 Å². The zero-order chi connectivity index (χ0) is 29.2. The molecule has 2 fully saturated rings. The standard InChI is InChI=1S/C30H33F2N3O5S/c1-28-11-17-13-34-35(19-5-7-24(32)33-14-19)22(17)10-18(28)4-6-20-21-8-9-30(27(38)41-16-31,40-25(37)15-39-3)29(21,2)12-23(36)26(20)28/h4-7,10,13-14,20-21,23,26,36H,8-9,11-12,15-16H2,1-3H3/t20-,21-,23-,26+,28-,29-,30-/m0/s1. The number of carbonyl (C=O) groups is 2. The van der Waals surface area contributed by atoms with Gasteiger partial charge in [0.05, 0.1) is 29.9 Å². The number of ether oxygens (including phenoxy) is 2. The number of aliphatic hydroxyl groups is 1. The Morgan fingerprint density at radius 1 is 1.27 bits per heavy atom. The summed E-state index contributed by atoms with van der Waals surface area (Å²) in [6, 6.07) is 2.01. The van der Waals surface area contributed by atoms with Gasteiger partial charge in [-0.1, -0.05) is 26.0 Å². The minimum atomic E-state index is -1.55. The van der Waals surface area contributed by atoms with Gasteiger partial charge in [0, 0.05) is 23.9 Å². The minimum Gasteiger partial charge on any atom is -0.448 e. The maximum atomic E-state index is 13.5. The molecule has 2 heterocycles. The summed E-state index contributed by atoms with van der Waals surface area (Å²) in [6.07, 6.45) is 10.5. The van der Waals surface area contributed by atoms with Crippen molar-refractivity contribution in [2.75, 3.05) is 19.7 Å². The van der Waals surface area contributed by atoms with E-state index < -0.39 is 45.6 Å². The Morgan fingerprint density at radius 3 is 2.78 bits per heavy atom. The molecule has 0 unspecified atom stereocenters. The number of aromatic nitrogens is 3. The lowest BCUT2D eigenvalue weighted by atomic mass is 9.47. The van der Waals surface area contributed by atoms with Gasteiger partial charge in [-0.25, -0.2) is 18.9 Å². The van der Waals surface area contributed by atoms with E-state index in [-0.39, 0.29) is 37.2 Å². The summed E-state index contributed by atoms with van der Waals surface area (Å²) in [5.41, 5.74) is 0.758.